The van der Waals surface area contributed by atoms with Crippen molar-refractivity contribution in [1.29, 1.82) is 0 Å². The van der Waals surface area contributed by atoms with E-state index in [4.69, 9.17) is 15.0 Å². The average Bonchev–Trinajstić information content (AvgIpc) is 3.85. The molecule has 5 heteroatoms. The summed E-state index contributed by atoms with van der Waals surface area (Å²) in [5, 5.41) is 7.30. The molecular weight excluding hydrogens is 731 g/mol. The number of para-hydroxylation sites is 3. The highest BCUT2D eigenvalue weighted by Gasteiger charge is 2.23. The Morgan fingerprint density at radius 2 is 0.833 bits per heavy atom. The molecule has 0 spiro atoms. The number of nitrogens with zero attached hydrogens (tertiary/aromatic N) is 5. The molecule has 3 aromatic heterocycles. The molecule has 9 aromatic carbocycles. The van der Waals surface area contributed by atoms with Gasteiger partial charge in [-0.25, -0.2) is 15.0 Å². The van der Waals surface area contributed by atoms with Crippen LogP contribution in [0.25, 0.3) is 111 Å². The van der Waals surface area contributed by atoms with Crippen molar-refractivity contribution in [3.05, 3.63) is 212 Å². The number of fused-ring (bicyclic) bond motifs is 8. The van der Waals surface area contributed by atoms with Crippen LogP contribution in [0.1, 0.15) is 0 Å². The Bertz CT molecular complexity index is 3600. The third-order valence-electron chi connectivity index (χ3n) is 11.7. The number of rotatable bonds is 6. The largest absolute Gasteiger partial charge is 0.309 e. The molecule has 0 fully saturated rings. The highest BCUT2D eigenvalue weighted by molar-refractivity contribution is 6.29. The maximum atomic E-state index is 5.28. The van der Waals surface area contributed by atoms with Gasteiger partial charge in [0.15, 0.2) is 17.5 Å². The zero-order valence-corrected chi connectivity index (χ0v) is 32.4. The van der Waals surface area contributed by atoms with Crippen LogP contribution >= 0.6 is 0 Å². The topological polar surface area (TPSA) is 48.5 Å². The molecule has 0 aliphatic rings. The first kappa shape index (κ1) is 33.9. The fraction of sp³-hybridized carbons (Fsp3) is 0. The van der Waals surface area contributed by atoms with Crippen LogP contribution in [0.2, 0.25) is 0 Å². The summed E-state index contributed by atoms with van der Waals surface area (Å²) in [6.07, 6.45) is 0. The Hall–Kier alpha value is -8.15. The molecule has 5 nitrogen and oxygen atoms in total. The third-order valence-corrected chi connectivity index (χ3v) is 11.7. The summed E-state index contributed by atoms with van der Waals surface area (Å²) < 4.78 is 4.81. The van der Waals surface area contributed by atoms with E-state index in [1.54, 1.807) is 0 Å². The second kappa shape index (κ2) is 13.8. The van der Waals surface area contributed by atoms with Gasteiger partial charge in [-0.3, -0.25) is 0 Å². The lowest BCUT2D eigenvalue weighted by Gasteiger charge is -2.15. The van der Waals surface area contributed by atoms with Crippen LogP contribution in [0.15, 0.2) is 212 Å². The van der Waals surface area contributed by atoms with E-state index in [9.17, 15) is 0 Å². The molecule has 0 amide bonds. The molecule has 0 N–H and O–H groups in total. The summed E-state index contributed by atoms with van der Waals surface area (Å²) in [6.45, 7) is 0. The van der Waals surface area contributed by atoms with E-state index in [1.807, 2.05) is 24.3 Å². The molecule has 0 aliphatic heterocycles. The van der Waals surface area contributed by atoms with Crippen LogP contribution in [0, 0.1) is 0 Å². The molecule has 0 atom stereocenters. The van der Waals surface area contributed by atoms with Crippen LogP contribution in [0.3, 0.4) is 0 Å². The lowest BCUT2D eigenvalue weighted by Crippen LogP contribution is -2.03. The van der Waals surface area contributed by atoms with E-state index in [0.29, 0.717) is 17.5 Å². The quantitative estimate of drug-likeness (QED) is 0.169. The van der Waals surface area contributed by atoms with Crippen molar-refractivity contribution in [3.63, 3.8) is 0 Å². The smallest absolute Gasteiger partial charge is 0.166 e. The summed E-state index contributed by atoms with van der Waals surface area (Å²) >= 11 is 0. The zero-order chi connectivity index (χ0) is 39.6. The van der Waals surface area contributed by atoms with Crippen LogP contribution in [0.4, 0.5) is 0 Å². The summed E-state index contributed by atoms with van der Waals surface area (Å²) in [6, 6.07) is 75.0. The van der Waals surface area contributed by atoms with E-state index in [2.05, 4.69) is 197 Å². The standard InChI is InChI=1S/C55H35N5/c1-3-16-36(17-4-1)39-22-15-23-41(34-39)54-56-53(38-19-5-2-6-20-38)57-55(58-54)45-26-11-14-29-48(45)60-47-28-13-10-25-44(47)52-50(60)33-32-49-51(52)43-24-9-12-27-46(43)59(49)42-31-30-37-18-7-8-21-40(37)35-42/h1-35H. The Labute approximate surface area is 346 Å². The Balaban J connectivity index is 1.10. The van der Waals surface area contributed by atoms with Gasteiger partial charge in [0, 0.05) is 43.9 Å². The maximum absolute atomic E-state index is 5.28. The van der Waals surface area contributed by atoms with Gasteiger partial charge in [0.1, 0.15) is 0 Å². The molecule has 60 heavy (non-hydrogen) atoms. The van der Waals surface area contributed by atoms with Gasteiger partial charge >= 0.3 is 0 Å². The lowest BCUT2D eigenvalue weighted by molar-refractivity contribution is 1.06. The Morgan fingerprint density at radius 3 is 1.58 bits per heavy atom. The second-order valence-corrected chi connectivity index (χ2v) is 15.2. The van der Waals surface area contributed by atoms with Gasteiger partial charge in [-0.1, -0.05) is 158 Å². The summed E-state index contributed by atoms with van der Waals surface area (Å²) in [4.78, 5) is 15.6. The minimum absolute atomic E-state index is 0.611. The highest BCUT2D eigenvalue weighted by Crippen LogP contribution is 2.43. The van der Waals surface area contributed by atoms with Gasteiger partial charge < -0.3 is 9.13 Å². The second-order valence-electron chi connectivity index (χ2n) is 15.2. The maximum Gasteiger partial charge on any atom is 0.166 e. The number of benzene rings is 9. The van der Waals surface area contributed by atoms with Crippen LogP contribution in [-0.2, 0) is 0 Å². The van der Waals surface area contributed by atoms with Crippen molar-refractivity contribution in [2.45, 2.75) is 0 Å². The van der Waals surface area contributed by atoms with Crippen molar-refractivity contribution in [1.82, 2.24) is 24.1 Å². The summed E-state index contributed by atoms with van der Waals surface area (Å²) in [5.41, 5.74) is 11.7. The van der Waals surface area contributed by atoms with Crippen molar-refractivity contribution in [2.24, 2.45) is 0 Å². The van der Waals surface area contributed by atoms with Gasteiger partial charge in [-0.2, -0.15) is 0 Å². The molecule has 12 aromatic rings. The van der Waals surface area contributed by atoms with Crippen molar-refractivity contribution >= 4 is 54.4 Å². The molecule has 3 heterocycles. The average molecular weight is 766 g/mol. The number of hydrogen-bond acceptors (Lipinski definition) is 3. The zero-order valence-electron chi connectivity index (χ0n) is 32.4. The summed E-state index contributed by atoms with van der Waals surface area (Å²) in [5.74, 6) is 1.86. The van der Waals surface area contributed by atoms with E-state index >= 15 is 0 Å². The van der Waals surface area contributed by atoms with Gasteiger partial charge in [-0.15, -0.1) is 0 Å². The molecule has 0 unspecified atom stereocenters. The molecule has 0 saturated carbocycles. The molecule has 0 bridgehead atoms. The van der Waals surface area contributed by atoms with Crippen LogP contribution in [0.5, 0.6) is 0 Å². The first-order chi connectivity index (χ1) is 29.8. The molecule has 12 rings (SSSR count). The fourth-order valence-corrected chi connectivity index (χ4v) is 9.04. The van der Waals surface area contributed by atoms with Crippen LogP contribution in [-0.4, -0.2) is 24.1 Å². The number of aromatic nitrogens is 5. The van der Waals surface area contributed by atoms with E-state index in [1.165, 1.54) is 43.4 Å². The lowest BCUT2D eigenvalue weighted by atomic mass is 10.0. The number of hydrogen-bond donors (Lipinski definition) is 0. The monoisotopic (exact) mass is 765 g/mol. The van der Waals surface area contributed by atoms with Crippen molar-refractivity contribution in [3.8, 4) is 56.7 Å². The summed E-state index contributed by atoms with van der Waals surface area (Å²) in [7, 11) is 0. The van der Waals surface area contributed by atoms with Crippen LogP contribution < -0.4 is 0 Å². The predicted molar refractivity (Wildman–Crippen MR) is 248 cm³/mol. The first-order valence-electron chi connectivity index (χ1n) is 20.3. The fourth-order valence-electron chi connectivity index (χ4n) is 9.04. The highest BCUT2D eigenvalue weighted by atomic mass is 15.1. The van der Waals surface area contributed by atoms with Gasteiger partial charge in [0.2, 0.25) is 0 Å². The third kappa shape index (κ3) is 5.44. The van der Waals surface area contributed by atoms with E-state index in [0.717, 1.165) is 50.2 Å². The van der Waals surface area contributed by atoms with E-state index in [-0.39, 0.29) is 0 Å². The van der Waals surface area contributed by atoms with Gasteiger partial charge in [0.05, 0.1) is 27.8 Å². The molecule has 0 radical (unpaired) electrons. The molecular formula is C55H35N5. The SMILES string of the molecule is c1ccc(-c2cccc(-c3nc(-c4ccccc4)nc(-c4ccccc4-n4c5ccccc5c5c6c7ccccc7n(-c7ccc8ccccc8c7)c6ccc54)n3)c2)cc1. The minimum Gasteiger partial charge on any atom is -0.309 e. The predicted octanol–water partition coefficient (Wildman–Crippen LogP) is 13.9. The molecule has 0 saturated heterocycles. The molecule has 0 aliphatic carbocycles. The van der Waals surface area contributed by atoms with Gasteiger partial charge in [0.25, 0.3) is 0 Å². The Morgan fingerprint density at radius 1 is 0.300 bits per heavy atom. The normalized spacial score (nSPS) is 11.7. The molecule has 280 valence electrons. The first-order valence-corrected chi connectivity index (χ1v) is 20.3. The van der Waals surface area contributed by atoms with Gasteiger partial charge in [-0.05, 0) is 76.5 Å². The van der Waals surface area contributed by atoms with Crippen molar-refractivity contribution in [2.75, 3.05) is 0 Å². The minimum atomic E-state index is 0.611. The Kier molecular flexibility index (Phi) is 7.78. The van der Waals surface area contributed by atoms with Crippen molar-refractivity contribution < 1.29 is 0 Å². The van der Waals surface area contributed by atoms with E-state index < -0.39 is 0 Å².